The second-order valence-electron chi connectivity index (χ2n) is 6.33. The van der Waals surface area contributed by atoms with Gasteiger partial charge < -0.3 is 9.84 Å². The van der Waals surface area contributed by atoms with Crippen molar-refractivity contribution in [2.75, 3.05) is 7.11 Å². The summed E-state index contributed by atoms with van der Waals surface area (Å²) in [4.78, 5) is 26.9. The van der Waals surface area contributed by atoms with E-state index in [4.69, 9.17) is 4.74 Å². The minimum atomic E-state index is -0.794. The lowest BCUT2D eigenvalue weighted by molar-refractivity contribution is 0.414. The zero-order valence-corrected chi connectivity index (χ0v) is 15.7. The van der Waals surface area contributed by atoms with Crippen LogP contribution in [0.2, 0.25) is 0 Å². The molecule has 3 aromatic rings. The molecule has 0 amide bonds. The molecule has 2 heterocycles. The van der Waals surface area contributed by atoms with Crippen LogP contribution in [0.15, 0.2) is 73.9 Å². The number of aromatic amines is 1. The number of hydrogen-bond acceptors (Lipinski definition) is 6. The van der Waals surface area contributed by atoms with Crippen LogP contribution in [-0.4, -0.2) is 33.7 Å². The van der Waals surface area contributed by atoms with Crippen molar-refractivity contribution in [2.45, 2.75) is 0 Å². The van der Waals surface area contributed by atoms with E-state index in [2.05, 4.69) is 15.2 Å². The Morgan fingerprint density at radius 1 is 1.10 bits per heavy atom. The second-order valence-corrected chi connectivity index (χ2v) is 6.33. The first-order valence-electron chi connectivity index (χ1n) is 8.79. The van der Waals surface area contributed by atoms with Crippen LogP contribution in [0.3, 0.4) is 0 Å². The molecule has 1 aliphatic rings. The number of ether oxygens (including phenoxy) is 1. The van der Waals surface area contributed by atoms with E-state index in [1.807, 2.05) is 0 Å². The van der Waals surface area contributed by atoms with Gasteiger partial charge in [-0.2, -0.15) is 5.10 Å². The average molecular weight is 406 g/mol. The van der Waals surface area contributed by atoms with E-state index >= 15 is 0 Å². The number of hydrogen-bond donors (Lipinski definition) is 2. The molecule has 8 nitrogen and oxygen atoms in total. The van der Waals surface area contributed by atoms with Crippen molar-refractivity contribution in [1.29, 1.82) is 0 Å². The van der Waals surface area contributed by atoms with Crippen molar-refractivity contribution in [1.82, 2.24) is 9.55 Å². The molecular weight excluding hydrogens is 391 g/mol. The third kappa shape index (κ3) is 3.44. The van der Waals surface area contributed by atoms with Crippen LogP contribution in [0.5, 0.6) is 11.6 Å². The van der Waals surface area contributed by atoms with E-state index in [1.165, 1.54) is 43.7 Å². The molecule has 0 aliphatic carbocycles. The molecule has 0 unspecified atom stereocenters. The molecular formula is C21H15FN4O4. The lowest BCUT2D eigenvalue weighted by atomic mass is 10.0. The predicted molar refractivity (Wildman–Crippen MR) is 110 cm³/mol. The normalized spacial score (nSPS) is 14.2. The topological polar surface area (TPSA) is 109 Å². The summed E-state index contributed by atoms with van der Waals surface area (Å²) < 4.78 is 19.3. The summed E-state index contributed by atoms with van der Waals surface area (Å²) in [6, 6.07) is 12.0. The van der Waals surface area contributed by atoms with Crippen molar-refractivity contribution in [3.05, 3.63) is 91.9 Å². The van der Waals surface area contributed by atoms with E-state index < -0.39 is 22.9 Å². The minimum Gasteiger partial charge on any atom is -0.497 e. The first-order valence-corrected chi connectivity index (χ1v) is 8.79. The largest absolute Gasteiger partial charge is 0.497 e. The SMILES string of the molecule is COc1ccc(-n2c(O)c(/C=C3\C=NN=C3c3ccc(F)cc3)c(=O)[nH]c2=O)cc1. The zero-order valence-electron chi connectivity index (χ0n) is 15.7. The first-order chi connectivity index (χ1) is 14.5. The summed E-state index contributed by atoms with van der Waals surface area (Å²) in [5.41, 5.74) is 0.0222. The molecule has 0 spiro atoms. The Bertz CT molecular complexity index is 1320. The number of H-pyrrole nitrogens is 1. The van der Waals surface area contributed by atoms with Crippen molar-refractivity contribution < 1.29 is 14.2 Å². The van der Waals surface area contributed by atoms with E-state index in [-0.39, 0.29) is 5.56 Å². The highest BCUT2D eigenvalue weighted by Crippen LogP contribution is 2.23. The summed E-state index contributed by atoms with van der Waals surface area (Å²) in [6.45, 7) is 0. The van der Waals surface area contributed by atoms with Crippen LogP contribution in [-0.2, 0) is 0 Å². The predicted octanol–water partition coefficient (Wildman–Crippen LogP) is 2.25. The standard InChI is InChI=1S/C21H15FN4O4/c1-30-16-8-6-15(7-9-16)26-20(28)17(19(27)24-21(26)29)10-13-11-23-25-18(13)12-2-4-14(22)5-3-12/h2-11,28H,1H3,(H,24,27,29)/b13-10+. The van der Waals surface area contributed by atoms with Gasteiger partial charge in [0.05, 0.1) is 19.0 Å². The molecule has 0 bridgehead atoms. The monoisotopic (exact) mass is 406 g/mol. The van der Waals surface area contributed by atoms with Gasteiger partial charge >= 0.3 is 5.69 Å². The van der Waals surface area contributed by atoms with Gasteiger partial charge in [-0.1, -0.05) is 0 Å². The van der Waals surface area contributed by atoms with Crippen LogP contribution < -0.4 is 16.0 Å². The fourth-order valence-corrected chi connectivity index (χ4v) is 3.00. The number of allylic oxidation sites excluding steroid dienone is 1. The maximum Gasteiger partial charge on any atom is 0.335 e. The molecule has 2 N–H and O–H groups in total. The Morgan fingerprint density at radius 2 is 1.80 bits per heavy atom. The fourth-order valence-electron chi connectivity index (χ4n) is 3.00. The third-order valence-corrected chi connectivity index (χ3v) is 4.50. The molecule has 9 heteroatoms. The molecule has 0 radical (unpaired) electrons. The molecule has 30 heavy (non-hydrogen) atoms. The van der Waals surface area contributed by atoms with Crippen molar-refractivity contribution >= 4 is 18.0 Å². The van der Waals surface area contributed by atoms with Gasteiger partial charge in [-0.15, -0.1) is 5.10 Å². The number of benzene rings is 2. The molecule has 0 atom stereocenters. The van der Waals surface area contributed by atoms with Gasteiger partial charge in [0, 0.05) is 11.1 Å². The summed E-state index contributed by atoms with van der Waals surface area (Å²) in [6.07, 6.45) is 2.77. The molecule has 2 aromatic carbocycles. The maximum absolute atomic E-state index is 13.2. The van der Waals surface area contributed by atoms with Gasteiger partial charge in [-0.05, 0) is 54.6 Å². The molecule has 150 valence electrons. The Balaban J connectivity index is 1.82. The smallest absolute Gasteiger partial charge is 0.335 e. The highest BCUT2D eigenvalue weighted by molar-refractivity contribution is 6.28. The quantitative estimate of drug-likeness (QED) is 0.693. The number of aromatic nitrogens is 2. The van der Waals surface area contributed by atoms with Crippen LogP contribution in [0, 0.1) is 5.82 Å². The van der Waals surface area contributed by atoms with Crippen molar-refractivity contribution in [3.63, 3.8) is 0 Å². The number of halogens is 1. The number of nitrogens with one attached hydrogen (secondary N) is 1. The number of rotatable bonds is 4. The van der Waals surface area contributed by atoms with Crippen LogP contribution >= 0.6 is 0 Å². The van der Waals surface area contributed by atoms with Gasteiger partial charge in [0.15, 0.2) is 0 Å². The van der Waals surface area contributed by atoms with Gasteiger partial charge in [0.2, 0.25) is 5.88 Å². The zero-order chi connectivity index (χ0) is 21.3. The molecule has 4 rings (SSSR count). The number of methoxy groups -OCH3 is 1. The summed E-state index contributed by atoms with van der Waals surface area (Å²) in [5, 5.41) is 18.6. The van der Waals surface area contributed by atoms with E-state index in [1.54, 1.807) is 24.3 Å². The van der Waals surface area contributed by atoms with E-state index in [0.29, 0.717) is 28.3 Å². The Hall–Kier alpha value is -4.27. The Labute approximate surface area is 168 Å². The summed E-state index contributed by atoms with van der Waals surface area (Å²) >= 11 is 0. The lowest BCUT2D eigenvalue weighted by Gasteiger charge is -2.11. The molecule has 1 aliphatic heterocycles. The summed E-state index contributed by atoms with van der Waals surface area (Å²) in [5.74, 6) is -0.370. The highest BCUT2D eigenvalue weighted by atomic mass is 19.1. The van der Waals surface area contributed by atoms with Gasteiger partial charge in [0.1, 0.15) is 22.8 Å². The molecule has 0 saturated heterocycles. The average Bonchev–Trinajstić information content (AvgIpc) is 3.20. The Kier molecular flexibility index (Phi) is 4.85. The van der Waals surface area contributed by atoms with E-state index in [9.17, 15) is 19.1 Å². The first kappa shape index (κ1) is 19.1. The summed E-state index contributed by atoms with van der Waals surface area (Å²) in [7, 11) is 1.51. The van der Waals surface area contributed by atoms with Crippen molar-refractivity contribution in [2.24, 2.45) is 10.2 Å². The maximum atomic E-state index is 13.2. The second kappa shape index (κ2) is 7.63. The number of aromatic hydroxyl groups is 1. The lowest BCUT2D eigenvalue weighted by Crippen LogP contribution is -2.30. The minimum absolute atomic E-state index is 0.149. The van der Waals surface area contributed by atoms with Crippen LogP contribution in [0.4, 0.5) is 4.39 Å². The molecule has 1 aromatic heterocycles. The fraction of sp³-hybridized carbons (Fsp3) is 0.0476. The van der Waals surface area contributed by atoms with Crippen LogP contribution in [0.25, 0.3) is 11.8 Å². The van der Waals surface area contributed by atoms with E-state index in [0.717, 1.165) is 4.57 Å². The number of nitrogens with zero attached hydrogens (tertiary/aromatic N) is 3. The van der Waals surface area contributed by atoms with Gasteiger partial charge in [-0.25, -0.2) is 13.8 Å². The van der Waals surface area contributed by atoms with Crippen molar-refractivity contribution in [3.8, 4) is 17.3 Å². The Morgan fingerprint density at radius 3 is 2.47 bits per heavy atom. The highest BCUT2D eigenvalue weighted by Gasteiger charge is 2.18. The third-order valence-electron chi connectivity index (χ3n) is 4.50. The molecule has 0 fully saturated rings. The van der Waals surface area contributed by atoms with Gasteiger partial charge in [0.25, 0.3) is 5.56 Å². The van der Waals surface area contributed by atoms with Crippen LogP contribution in [0.1, 0.15) is 11.1 Å². The molecule has 0 saturated carbocycles. The van der Waals surface area contributed by atoms with Gasteiger partial charge in [-0.3, -0.25) is 9.78 Å².